The third-order valence-corrected chi connectivity index (χ3v) is 6.74. The number of pyridine rings is 2. The lowest BCUT2D eigenvalue weighted by Gasteiger charge is -2.27. The Bertz CT molecular complexity index is 1100. The number of benzene rings is 1. The summed E-state index contributed by atoms with van der Waals surface area (Å²) in [5, 5.41) is 1.10. The molecule has 1 saturated carbocycles. The number of hydrogen-bond acceptors (Lipinski definition) is 4. The summed E-state index contributed by atoms with van der Waals surface area (Å²) in [7, 11) is 0. The topological polar surface area (TPSA) is 55.3 Å². The lowest BCUT2D eigenvalue weighted by atomic mass is 9.91. The van der Waals surface area contributed by atoms with Crippen LogP contribution in [0.5, 0.6) is 0 Å². The van der Waals surface area contributed by atoms with E-state index in [0.717, 1.165) is 47.8 Å². The largest absolute Gasteiger partial charge is 0.364 e. The van der Waals surface area contributed by atoms with Gasteiger partial charge in [-0.15, -0.1) is 0 Å². The van der Waals surface area contributed by atoms with Crippen LogP contribution in [0, 0.1) is 0 Å². The van der Waals surface area contributed by atoms with Gasteiger partial charge in [0.2, 0.25) is 5.91 Å². The van der Waals surface area contributed by atoms with Gasteiger partial charge in [0.25, 0.3) is 0 Å². The molecule has 1 atom stereocenters. The number of nitrogens with zero attached hydrogens (tertiary/aromatic N) is 3. The first-order valence-corrected chi connectivity index (χ1v) is 9.93. The third kappa shape index (κ3) is 2.14. The molecule has 3 aromatic rings. The molecule has 6 rings (SSSR count). The van der Waals surface area contributed by atoms with Crippen molar-refractivity contribution in [2.24, 2.45) is 0 Å². The van der Waals surface area contributed by atoms with Gasteiger partial charge in [0.15, 0.2) is 0 Å². The quantitative estimate of drug-likeness (QED) is 0.693. The second-order valence-corrected chi connectivity index (χ2v) is 8.25. The highest BCUT2D eigenvalue weighted by atomic mass is 16.5. The van der Waals surface area contributed by atoms with Crippen molar-refractivity contribution in [2.75, 3.05) is 13.1 Å². The number of carbonyl (C=O) groups excluding carboxylic acids is 1. The summed E-state index contributed by atoms with van der Waals surface area (Å²) in [5.41, 5.74) is 3.69. The molecule has 1 saturated heterocycles. The third-order valence-electron chi connectivity index (χ3n) is 6.74. The summed E-state index contributed by atoms with van der Waals surface area (Å²) in [4.78, 5) is 24.4. The highest BCUT2D eigenvalue weighted by Crippen LogP contribution is 2.53. The summed E-state index contributed by atoms with van der Waals surface area (Å²) >= 11 is 0. The fourth-order valence-corrected chi connectivity index (χ4v) is 5.11. The van der Waals surface area contributed by atoms with Crippen LogP contribution in [0.25, 0.3) is 10.9 Å². The molecule has 1 aromatic carbocycles. The smallest absolute Gasteiger partial charge is 0.233 e. The maximum atomic E-state index is 13.7. The minimum atomic E-state index is -0.395. The van der Waals surface area contributed by atoms with Crippen LogP contribution in [0.2, 0.25) is 0 Å². The van der Waals surface area contributed by atoms with E-state index in [1.807, 2.05) is 47.8 Å². The molecule has 5 nitrogen and oxygen atoms in total. The summed E-state index contributed by atoms with van der Waals surface area (Å²) in [6.45, 7) is 1.96. The van der Waals surface area contributed by atoms with Crippen molar-refractivity contribution in [3.8, 4) is 0 Å². The molecule has 3 aliphatic rings. The molecule has 28 heavy (non-hydrogen) atoms. The van der Waals surface area contributed by atoms with Crippen molar-refractivity contribution in [2.45, 2.75) is 36.9 Å². The van der Waals surface area contributed by atoms with Crippen LogP contribution in [-0.2, 0) is 27.2 Å². The van der Waals surface area contributed by atoms with Gasteiger partial charge >= 0.3 is 0 Å². The van der Waals surface area contributed by atoms with Gasteiger partial charge in [0.05, 0.1) is 24.1 Å². The summed E-state index contributed by atoms with van der Waals surface area (Å²) in [6, 6.07) is 12.2. The van der Waals surface area contributed by atoms with Crippen LogP contribution < -0.4 is 0 Å². The van der Waals surface area contributed by atoms with Gasteiger partial charge in [0.1, 0.15) is 5.60 Å². The van der Waals surface area contributed by atoms with E-state index in [0.29, 0.717) is 13.2 Å². The lowest BCUT2D eigenvalue weighted by molar-refractivity contribution is -0.134. The van der Waals surface area contributed by atoms with Crippen LogP contribution in [0.15, 0.2) is 55.0 Å². The van der Waals surface area contributed by atoms with Crippen molar-refractivity contribution in [3.63, 3.8) is 0 Å². The average Bonchev–Trinajstić information content (AvgIpc) is 3.32. The average molecular weight is 371 g/mol. The maximum Gasteiger partial charge on any atom is 0.233 e. The molecule has 0 N–H and O–H groups in total. The van der Waals surface area contributed by atoms with Gasteiger partial charge in [0, 0.05) is 36.1 Å². The molecule has 4 heterocycles. The molecule has 0 bridgehead atoms. The van der Waals surface area contributed by atoms with Crippen LogP contribution in [0.4, 0.5) is 0 Å². The highest BCUT2D eigenvalue weighted by Gasteiger charge is 2.57. The van der Waals surface area contributed by atoms with E-state index in [-0.39, 0.29) is 11.5 Å². The zero-order valence-corrected chi connectivity index (χ0v) is 15.6. The standard InChI is InChI=1S/C23H21N3O2/c27-21(22(7-8-22)19-6-11-25-20-4-2-1-3-17(19)20)26-12-9-23(15-26)18-5-10-24-13-16(18)14-28-23/h1-6,10-11,13H,7-9,12,14-15H2. The van der Waals surface area contributed by atoms with Crippen LogP contribution in [0.1, 0.15) is 36.0 Å². The first-order valence-electron chi connectivity index (χ1n) is 9.93. The first-order chi connectivity index (χ1) is 13.7. The SMILES string of the molecule is O=C(N1CCC2(C1)OCc1cnccc12)C1(c2ccnc3ccccc23)CC1. The molecular formula is C23H21N3O2. The normalized spacial score (nSPS) is 24.6. The fourth-order valence-electron chi connectivity index (χ4n) is 5.11. The molecule has 1 aliphatic carbocycles. The number of rotatable bonds is 2. The maximum absolute atomic E-state index is 13.7. The second-order valence-electron chi connectivity index (χ2n) is 8.25. The minimum absolute atomic E-state index is 0.242. The fraction of sp³-hybridized carbons (Fsp3) is 0.348. The predicted octanol–water partition coefficient (Wildman–Crippen LogP) is 3.32. The number of fused-ring (bicyclic) bond motifs is 3. The number of carbonyl (C=O) groups is 1. The van der Waals surface area contributed by atoms with Crippen molar-refractivity contribution in [3.05, 3.63) is 71.7 Å². The Kier molecular flexibility index (Phi) is 3.24. The number of para-hydroxylation sites is 1. The molecule has 2 fully saturated rings. The van der Waals surface area contributed by atoms with Gasteiger partial charge in [-0.05, 0) is 48.6 Å². The predicted molar refractivity (Wildman–Crippen MR) is 105 cm³/mol. The molecule has 1 spiro atoms. The molecule has 2 aromatic heterocycles. The number of aromatic nitrogens is 2. The van der Waals surface area contributed by atoms with E-state index in [2.05, 4.69) is 22.1 Å². The Morgan fingerprint density at radius 1 is 1.04 bits per heavy atom. The van der Waals surface area contributed by atoms with Gasteiger partial charge in [-0.2, -0.15) is 0 Å². The Morgan fingerprint density at radius 2 is 1.89 bits per heavy atom. The highest BCUT2D eigenvalue weighted by molar-refractivity contribution is 5.97. The van der Waals surface area contributed by atoms with E-state index in [1.54, 1.807) is 0 Å². The molecule has 1 unspecified atom stereocenters. The lowest BCUT2D eigenvalue weighted by Crippen LogP contribution is -2.40. The molecule has 0 radical (unpaired) electrons. The van der Waals surface area contributed by atoms with Crippen LogP contribution >= 0.6 is 0 Å². The Morgan fingerprint density at radius 3 is 2.79 bits per heavy atom. The molecule has 1 amide bonds. The molecule has 140 valence electrons. The van der Waals surface area contributed by atoms with E-state index >= 15 is 0 Å². The summed E-state index contributed by atoms with van der Waals surface area (Å²) < 4.78 is 6.22. The molecule has 5 heteroatoms. The van der Waals surface area contributed by atoms with E-state index in [1.165, 1.54) is 5.56 Å². The summed E-state index contributed by atoms with van der Waals surface area (Å²) in [5.74, 6) is 0.242. The van der Waals surface area contributed by atoms with E-state index in [4.69, 9.17) is 4.74 Å². The Labute approximate surface area is 163 Å². The van der Waals surface area contributed by atoms with Gasteiger partial charge in [-0.1, -0.05) is 18.2 Å². The molecule has 2 aliphatic heterocycles. The zero-order valence-electron chi connectivity index (χ0n) is 15.6. The number of amides is 1. The van der Waals surface area contributed by atoms with Gasteiger partial charge in [-0.25, -0.2) is 0 Å². The second kappa shape index (κ2) is 5.61. The van der Waals surface area contributed by atoms with Crippen LogP contribution in [0.3, 0.4) is 0 Å². The summed E-state index contributed by atoms with van der Waals surface area (Å²) in [6.07, 6.45) is 8.21. The zero-order chi connectivity index (χ0) is 18.8. The minimum Gasteiger partial charge on any atom is -0.364 e. The Balaban J connectivity index is 1.34. The molecular weight excluding hydrogens is 350 g/mol. The van der Waals surface area contributed by atoms with Gasteiger partial charge < -0.3 is 9.64 Å². The van der Waals surface area contributed by atoms with Crippen molar-refractivity contribution in [1.82, 2.24) is 14.9 Å². The van der Waals surface area contributed by atoms with Crippen LogP contribution in [-0.4, -0.2) is 33.9 Å². The number of hydrogen-bond donors (Lipinski definition) is 0. The van der Waals surface area contributed by atoms with Crippen molar-refractivity contribution < 1.29 is 9.53 Å². The number of ether oxygens (including phenoxy) is 1. The first kappa shape index (κ1) is 16.2. The van der Waals surface area contributed by atoms with E-state index in [9.17, 15) is 4.79 Å². The monoisotopic (exact) mass is 371 g/mol. The number of likely N-dealkylation sites (tertiary alicyclic amines) is 1. The van der Waals surface area contributed by atoms with Gasteiger partial charge in [-0.3, -0.25) is 14.8 Å². The Hall–Kier alpha value is -2.79. The van der Waals surface area contributed by atoms with Crippen molar-refractivity contribution in [1.29, 1.82) is 0 Å². The van der Waals surface area contributed by atoms with Crippen molar-refractivity contribution >= 4 is 16.8 Å². The van der Waals surface area contributed by atoms with E-state index < -0.39 is 5.41 Å².